The van der Waals surface area contributed by atoms with Gasteiger partial charge >= 0.3 is 0 Å². The molecule has 1 heterocycles. The van der Waals surface area contributed by atoms with Crippen LogP contribution in [0.5, 0.6) is 0 Å². The van der Waals surface area contributed by atoms with E-state index < -0.39 is 0 Å². The molecule has 0 radical (unpaired) electrons. The minimum absolute atomic E-state index is 0.0700. The third-order valence-electron chi connectivity index (χ3n) is 2.87. The van der Waals surface area contributed by atoms with Crippen LogP contribution in [0.15, 0.2) is 4.99 Å². The maximum absolute atomic E-state index is 5.52. The number of hydrogen-bond acceptors (Lipinski definition) is 3. The van der Waals surface area contributed by atoms with Crippen LogP contribution in [0.2, 0.25) is 0 Å². The lowest BCUT2D eigenvalue weighted by Crippen LogP contribution is -2.27. The zero-order valence-corrected chi connectivity index (χ0v) is 7.38. The summed E-state index contributed by atoms with van der Waals surface area (Å²) in [5.74, 6) is 0. The molecule has 0 bridgehead atoms. The van der Waals surface area contributed by atoms with Crippen LogP contribution in [0.4, 0.5) is 0 Å². The van der Waals surface area contributed by atoms with E-state index in [4.69, 9.17) is 10.5 Å². The average molecular weight is 168 g/mol. The second-order valence-electron chi connectivity index (χ2n) is 3.88. The Kier molecular flexibility index (Phi) is 1.95. The van der Waals surface area contributed by atoms with Crippen LogP contribution in [0.1, 0.15) is 38.5 Å². The molecule has 0 aromatic carbocycles. The van der Waals surface area contributed by atoms with Crippen molar-refractivity contribution >= 4 is 6.02 Å². The van der Waals surface area contributed by atoms with Gasteiger partial charge in [0.15, 0.2) is 0 Å². The van der Waals surface area contributed by atoms with Crippen LogP contribution in [0.3, 0.4) is 0 Å². The third-order valence-corrected chi connectivity index (χ3v) is 2.87. The molecular weight excluding hydrogens is 152 g/mol. The summed E-state index contributed by atoms with van der Waals surface area (Å²) in [6.45, 7) is 0.721. The fourth-order valence-electron chi connectivity index (χ4n) is 2.15. The summed E-state index contributed by atoms with van der Waals surface area (Å²) < 4.78 is 5.23. The quantitative estimate of drug-likeness (QED) is 0.594. The molecule has 2 N–H and O–H groups in total. The fraction of sp³-hybridized carbons (Fsp3) is 0.889. The molecule has 0 saturated heterocycles. The molecule has 2 rings (SSSR count). The van der Waals surface area contributed by atoms with E-state index in [1.165, 1.54) is 25.7 Å². The fourth-order valence-corrected chi connectivity index (χ4v) is 2.15. The summed E-state index contributed by atoms with van der Waals surface area (Å²) in [6, 6.07) is 0.400. The standard InChI is InChI=1S/C9H16N2O/c10-8-11-9(7-12-8)5-3-1-2-4-6-9/h1-7H2,(H2,10,11). The predicted octanol–water partition coefficient (Wildman–Crippen LogP) is 1.42. The van der Waals surface area contributed by atoms with Crippen molar-refractivity contribution in [2.75, 3.05) is 6.61 Å². The maximum atomic E-state index is 5.52. The van der Waals surface area contributed by atoms with E-state index in [9.17, 15) is 0 Å². The molecule has 0 unspecified atom stereocenters. The Labute approximate surface area is 73.0 Å². The van der Waals surface area contributed by atoms with Crippen molar-refractivity contribution in [1.29, 1.82) is 0 Å². The Hall–Kier alpha value is -0.730. The summed E-state index contributed by atoms with van der Waals surface area (Å²) >= 11 is 0. The number of ether oxygens (including phenoxy) is 1. The Morgan fingerprint density at radius 3 is 2.33 bits per heavy atom. The topological polar surface area (TPSA) is 47.6 Å². The summed E-state index contributed by atoms with van der Waals surface area (Å²) in [4.78, 5) is 4.41. The Balaban J connectivity index is 2.08. The van der Waals surface area contributed by atoms with E-state index in [2.05, 4.69) is 4.99 Å². The molecule has 2 aliphatic rings. The lowest BCUT2D eigenvalue weighted by atomic mass is 9.93. The number of rotatable bonds is 0. The van der Waals surface area contributed by atoms with Gasteiger partial charge in [0.05, 0.1) is 0 Å². The van der Waals surface area contributed by atoms with Gasteiger partial charge in [-0.25, -0.2) is 4.99 Å². The van der Waals surface area contributed by atoms with Crippen molar-refractivity contribution in [1.82, 2.24) is 0 Å². The van der Waals surface area contributed by atoms with Crippen LogP contribution in [-0.4, -0.2) is 18.2 Å². The van der Waals surface area contributed by atoms with Gasteiger partial charge in [-0.05, 0) is 12.8 Å². The van der Waals surface area contributed by atoms with E-state index in [1.54, 1.807) is 0 Å². The zero-order chi connectivity index (χ0) is 8.44. The van der Waals surface area contributed by atoms with Crippen molar-refractivity contribution in [2.45, 2.75) is 44.1 Å². The number of amidine groups is 1. The highest BCUT2D eigenvalue weighted by Gasteiger charge is 2.35. The van der Waals surface area contributed by atoms with Gasteiger partial charge in [0, 0.05) is 0 Å². The molecule has 68 valence electrons. The predicted molar refractivity (Wildman–Crippen MR) is 48.0 cm³/mol. The summed E-state index contributed by atoms with van der Waals surface area (Å²) in [5.41, 5.74) is 5.59. The van der Waals surface area contributed by atoms with Gasteiger partial charge in [-0.15, -0.1) is 0 Å². The Bertz CT molecular complexity index is 193. The highest BCUT2D eigenvalue weighted by Crippen LogP contribution is 2.33. The normalized spacial score (nSPS) is 27.8. The number of nitrogens with zero attached hydrogens (tertiary/aromatic N) is 1. The highest BCUT2D eigenvalue weighted by atomic mass is 16.5. The van der Waals surface area contributed by atoms with E-state index in [0.29, 0.717) is 6.02 Å². The molecular formula is C9H16N2O. The summed E-state index contributed by atoms with van der Waals surface area (Å²) in [5, 5.41) is 0. The maximum Gasteiger partial charge on any atom is 0.282 e. The zero-order valence-electron chi connectivity index (χ0n) is 7.38. The van der Waals surface area contributed by atoms with E-state index in [1.807, 2.05) is 0 Å². The van der Waals surface area contributed by atoms with Crippen molar-refractivity contribution < 1.29 is 4.74 Å². The van der Waals surface area contributed by atoms with Gasteiger partial charge in [0.25, 0.3) is 6.02 Å². The number of nitrogens with two attached hydrogens (primary N) is 1. The second-order valence-corrected chi connectivity index (χ2v) is 3.88. The first-order valence-corrected chi connectivity index (χ1v) is 4.79. The monoisotopic (exact) mass is 168 g/mol. The molecule has 1 fully saturated rings. The minimum Gasteiger partial charge on any atom is -0.463 e. The Morgan fingerprint density at radius 2 is 1.83 bits per heavy atom. The van der Waals surface area contributed by atoms with Gasteiger partial charge in [-0.3, -0.25) is 0 Å². The van der Waals surface area contributed by atoms with Crippen molar-refractivity contribution in [3.05, 3.63) is 0 Å². The van der Waals surface area contributed by atoms with Crippen LogP contribution in [0, 0.1) is 0 Å². The van der Waals surface area contributed by atoms with Crippen LogP contribution < -0.4 is 5.73 Å². The number of hydrogen-bond donors (Lipinski definition) is 1. The lowest BCUT2D eigenvalue weighted by molar-refractivity contribution is 0.234. The molecule has 0 amide bonds. The molecule has 0 aromatic heterocycles. The van der Waals surface area contributed by atoms with Crippen LogP contribution in [-0.2, 0) is 4.74 Å². The highest BCUT2D eigenvalue weighted by molar-refractivity contribution is 5.73. The van der Waals surface area contributed by atoms with Crippen molar-refractivity contribution in [2.24, 2.45) is 10.7 Å². The SMILES string of the molecule is NC1=NC2(CCCCCC2)CO1. The Morgan fingerprint density at radius 1 is 1.17 bits per heavy atom. The average Bonchev–Trinajstić information content (AvgIpc) is 2.30. The molecule has 1 aliphatic heterocycles. The van der Waals surface area contributed by atoms with E-state index in [0.717, 1.165) is 19.4 Å². The molecule has 1 spiro atoms. The summed E-state index contributed by atoms with van der Waals surface area (Å²) in [6.07, 6.45) is 7.57. The second kappa shape index (κ2) is 2.96. The largest absolute Gasteiger partial charge is 0.463 e. The van der Waals surface area contributed by atoms with Crippen molar-refractivity contribution in [3.63, 3.8) is 0 Å². The molecule has 3 heteroatoms. The molecule has 1 saturated carbocycles. The van der Waals surface area contributed by atoms with Gasteiger partial charge in [-0.2, -0.15) is 0 Å². The smallest absolute Gasteiger partial charge is 0.282 e. The van der Waals surface area contributed by atoms with E-state index in [-0.39, 0.29) is 5.54 Å². The first kappa shape index (κ1) is 7.90. The molecule has 1 aliphatic carbocycles. The van der Waals surface area contributed by atoms with Gasteiger partial charge in [0.1, 0.15) is 12.1 Å². The van der Waals surface area contributed by atoms with E-state index >= 15 is 0 Å². The van der Waals surface area contributed by atoms with Gasteiger partial charge in [0.2, 0.25) is 0 Å². The molecule has 0 aromatic rings. The summed E-state index contributed by atoms with van der Waals surface area (Å²) in [7, 11) is 0. The third kappa shape index (κ3) is 1.40. The van der Waals surface area contributed by atoms with Gasteiger partial charge in [-0.1, -0.05) is 25.7 Å². The first-order valence-electron chi connectivity index (χ1n) is 4.79. The number of aliphatic imine (C=N–C) groups is 1. The van der Waals surface area contributed by atoms with Crippen LogP contribution in [0.25, 0.3) is 0 Å². The minimum atomic E-state index is 0.0700. The van der Waals surface area contributed by atoms with Gasteiger partial charge < -0.3 is 10.5 Å². The van der Waals surface area contributed by atoms with Crippen molar-refractivity contribution in [3.8, 4) is 0 Å². The molecule has 0 atom stereocenters. The molecule has 3 nitrogen and oxygen atoms in total. The molecule has 12 heavy (non-hydrogen) atoms. The van der Waals surface area contributed by atoms with Crippen LogP contribution >= 0.6 is 0 Å². The first-order chi connectivity index (χ1) is 5.81. The lowest BCUT2D eigenvalue weighted by Gasteiger charge is -2.20.